The first-order chi connectivity index (χ1) is 25.1. The molecular formula is C40H70NO10P. The number of phosphoric acid groups is 1. The first kappa shape index (κ1) is 49.4. The molecule has 1 unspecified atom stereocenters. The zero-order valence-corrected chi connectivity index (χ0v) is 33.0. The number of esters is 2. The molecule has 0 rings (SSSR count). The van der Waals surface area contributed by atoms with Gasteiger partial charge in [-0.1, -0.05) is 133 Å². The molecule has 0 bridgehead atoms. The molecular weight excluding hydrogens is 685 g/mol. The summed E-state index contributed by atoms with van der Waals surface area (Å²) in [5.74, 6) is -2.43. The second-order valence-electron chi connectivity index (χ2n) is 13.1. The maximum Gasteiger partial charge on any atom is 0.472 e. The molecule has 0 fully saturated rings. The van der Waals surface area contributed by atoms with Crippen molar-refractivity contribution in [3.8, 4) is 0 Å². The highest BCUT2D eigenvalue weighted by Crippen LogP contribution is 2.43. The molecule has 0 saturated heterocycles. The van der Waals surface area contributed by atoms with Crippen molar-refractivity contribution in [2.45, 2.75) is 167 Å². The van der Waals surface area contributed by atoms with E-state index in [-0.39, 0.29) is 19.4 Å². The van der Waals surface area contributed by atoms with Gasteiger partial charge in [0.05, 0.1) is 13.2 Å². The van der Waals surface area contributed by atoms with Gasteiger partial charge < -0.3 is 25.2 Å². The van der Waals surface area contributed by atoms with E-state index in [4.69, 9.17) is 24.8 Å². The maximum absolute atomic E-state index is 12.6. The summed E-state index contributed by atoms with van der Waals surface area (Å²) in [6.45, 7) is 2.69. The van der Waals surface area contributed by atoms with E-state index in [2.05, 4.69) is 67.0 Å². The third kappa shape index (κ3) is 34.5. The second kappa shape index (κ2) is 35.5. The minimum absolute atomic E-state index is 0.123. The van der Waals surface area contributed by atoms with Crippen molar-refractivity contribution in [2.24, 2.45) is 5.73 Å². The van der Waals surface area contributed by atoms with Crippen LogP contribution in [0.25, 0.3) is 0 Å². The average molecular weight is 756 g/mol. The largest absolute Gasteiger partial charge is 0.480 e. The van der Waals surface area contributed by atoms with E-state index in [1.54, 1.807) is 0 Å². The number of carboxylic acid groups (broad SMARTS) is 1. The van der Waals surface area contributed by atoms with Gasteiger partial charge in [0.2, 0.25) is 0 Å². The standard InChI is InChI=1S/C40H70NO10P/c1-3-5-7-9-11-13-14-15-16-17-18-19-20-21-22-24-26-28-30-32-39(43)51-36(34-49-52(46,47)50-35-37(41)40(44)45)33-48-38(42)31-29-27-25-23-12-10-8-6-4-2/h11,13,15-16,18-19,21-22,36-37H,3-10,12,14,17,20,23-35,41H2,1-2H3,(H,44,45)(H,46,47)/b13-11-,16-15-,19-18-,22-21-/t36-,37+/m1/s1. The fourth-order valence-electron chi connectivity index (χ4n) is 4.93. The Balaban J connectivity index is 4.46. The SMILES string of the molecule is CCCCC/C=C\C/C=C\C/C=C\C/C=C\CCCCCC(=O)O[C@H](COC(=O)CCCCCCCCCCC)COP(=O)(O)OC[C@H](N)C(=O)O. The van der Waals surface area contributed by atoms with Crippen LogP contribution < -0.4 is 5.73 Å². The van der Waals surface area contributed by atoms with Crippen LogP contribution in [0, 0.1) is 0 Å². The number of nitrogens with two attached hydrogens (primary N) is 1. The molecule has 0 saturated carbocycles. The van der Waals surface area contributed by atoms with Crippen molar-refractivity contribution in [1.29, 1.82) is 0 Å². The minimum Gasteiger partial charge on any atom is -0.480 e. The molecule has 0 aliphatic rings. The number of aliphatic carboxylic acids is 1. The van der Waals surface area contributed by atoms with Crippen LogP contribution in [-0.2, 0) is 37.5 Å². The molecule has 3 atom stereocenters. The molecule has 4 N–H and O–H groups in total. The lowest BCUT2D eigenvalue weighted by atomic mass is 10.1. The predicted octanol–water partition coefficient (Wildman–Crippen LogP) is 9.83. The fourth-order valence-corrected chi connectivity index (χ4v) is 5.71. The van der Waals surface area contributed by atoms with Gasteiger partial charge in [0.1, 0.15) is 12.6 Å². The van der Waals surface area contributed by atoms with Gasteiger partial charge in [-0.15, -0.1) is 0 Å². The second-order valence-corrected chi connectivity index (χ2v) is 14.5. The quantitative estimate of drug-likeness (QED) is 0.0241. The van der Waals surface area contributed by atoms with Crippen LogP contribution in [0.1, 0.15) is 155 Å². The van der Waals surface area contributed by atoms with Crippen molar-refractivity contribution in [1.82, 2.24) is 0 Å². The summed E-state index contributed by atoms with van der Waals surface area (Å²) < 4.78 is 32.5. The number of allylic oxidation sites excluding steroid dienone is 8. The van der Waals surface area contributed by atoms with Gasteiger partial charge in [0, 0.05) is 12.8 Å². The summed E-state index contributed by atoms with van der Waals surface area (Å²) in [4.78, 5) is 45.7. The molecule has 52 heavy (non-hydrogen) atoms. The number of rotatable bonds is 36. The van der Waals surface area contributed by atoms with Crippen molar-refractivity contribution in [2.75, 3.05) is 19.8 Å². The average Bonchev–Trinajstić information content (AvgIpc) is 3.12. The Morgan fingerprint density at radius 1 is 0.596 bits per heavy atom. The predicted molar refractivity (Wildman–Crippen MR) is 208 cm³/mol. The zero-order valence-electron chi connectivity index (χ0n) is 32.1. The van der Waals surface area contributed by atoms with Gasteiger partial charge in [0.15, 0.2) is 6.10 Å². The van der Waals surface area contributed by atoms with Gasteiger partial charge in [-0.3, -0.25) is 23.4 Å². The van der Waals surface area contributed by atoms with E-state index >= 15 is 0 Å². The van der Waals surface area contributed by atoms with Crippen LogP contribution in [0.5, 0.6) is 0 Å². The Hall–Kier alpha value is -2.56. The first-order valence-corrected chi connectivity index (χ1v) is 21.2. The number of hydrogen-bond acceptors (Lipinski definition) is 9. The molecule has 0 aliphatic carbocycles. The Morgan fingerprint density at radius 3 is 1.56 bits per heavy atom. The van der Waals surface area contributed by atoms with E-state index in [0.29, 0.717) is 12.8 Å². The lowest BCUT2D eigenvalue weighted by Crippen LogP contribution is -2.34. The molecule has 0 spiro atoms. The van der Waals surface area contributed by atoms with Gasteiger partial charge in [0.25, 0.3) is 0 Å². The van der Waals surface area contributed by atoms with Crippen molar-refractivity contribution in [3.63, 3.8) is 0 Å². The van der Waals surface area contributed by atoms with Crippen molar-refractivity contribution >= 4 is 25.7 Å². The van der Waals surface area contributed by atoms with E-state index < -0.39 is 51.1 Å². The molecule has 0 radical (unpaired) electrons. The van der Waals surface area contributed by atoms with Crippen molar-refractivity contribution < 1.29 is 47.5 Å². The number of ether oxygens (including phenoxy) is 2. The maximum atomic E-state index is 12.6. The van der Waals surface area contributed by atoms with Gasteiger partial charge in [-0.05, 0) is 57.8 Å². The third-order valence-electron chi connectivity index (χ3n) is 8.08. The highest BCUT2D eigenvalue weighted by Gasteiger charge is 2.28. The minimum atomic E-state index is -4.72. The zero-order chi connectivity index (χ0) is 38.5. The number of carbonyl (C=O) groups is 3. The Kier molecular flexibility index (Phi) is 33.7. The van der Waals surface area contributed by atoms with E-state index in [9.17, 15) is 23.8 Å². The first-order valence-electron chi connectivity index (χ1n) is 19.7. The summed E-state index contributed by atoms with van der Waals surface area (Å²) in [6.07, 6.45) is 37.6. The molecule has 11 nitrogen and oxygen atoms in total. The number of unbranched alkanes of at least 4 members (excludes halogenated alkanes) is 14. The Bertz CT molecular complexity index is 1070. The highest BCUT2D eigenvalue weighted by atomic mass is 31.2. The topological polar surface area (TPSA) is 172 Å². The lowest BCUT2D eigenvalue weighted by molar-refractivity contribution is -0.161. The fraction of sp³-hybridized carbons (Fsp3) is 0.725. The van der Waals surface area contributed by atoms with Gasteiger partial charge in [-0.2, -0.15) is 0 Å². The molecule has 0 amide bonds. The molecule has 0 aromatic rings. The number of phosphoric ester groups is 1. The van der Waals surface area contributed by atoms with Crippen LogP contribution in [-0.4, -0.2) is 59.9 Å². The van der Waals surface area contributed by atoms with E-state index in [0.717, 1.165) is 57.8 Å². The number of hydrogen-bond donors (Lipinski definition) is 3. The van der Waals surface area contributed by atoms with Crippen LogP contribution in [0.3, 0.4) is 0 Å². The molecule has 300 valence electrons. The normalized spacial score (nSPS) is 14.4. The molecule has 0 aromatic heterocycles. The summed E-state index contributed by atoms with van der Waals surface area (Å²) in [6, 6.07) is -1.53. The van der Waals surface area contributed by atoms with Gasteiger partial charge >= 0.3 is 25.7 Å². The highest BCUT2D eigenvalue weighted by molar-refractivity contribution is 7.47. The summed E-state index contributed by atoms with van der Waals surface area (Å²) in [5.41, 5.74) is 5.31. The molecule has 0 aliphatic heterocycles. The Labute approximate surface area is 314 Å². The number of carbonyl (C=O) groups excluding carboxylic acids is 2. The van der Waals surface area contributed by atoms with Crippen LogP contribution >= 0.6 is 7.82 Å². The lowest BCUT2D eigenvalue weighted by Gasteiger charge is -2.20. The third-order valence-corrected chi connectivity index (χ3v) is 9.03. The summed E-state index contributed by atoms with van der Waals surface area (Å²) >= 11 is 0. The summed E-state index contributed by atoms with van der Waals surface area (Å²) in [7, 11) is -4.72. The van der Waals surface area contributed by atoms with E-state index in [1.165, 1.54) is 57.8 Å². The van der Waals surface area contributed by atoms with Crippen LogP contribution in [0.15, 0.2) is 48.6 Å². The van der Waals surface area contributed by atoms with Crippen LogP contribution in [0.2, 0.25) is 0 Å². The molecule has 12 heteroatoms. The summed E-state index contributed by atoms with van der Waals surface area (Å²) in [5, 5.41) is 8.85. The Morgan fingerprint density at radius 2 is 1.02 bits per heavy atom. The van der Waals surface area contributed by atoms with Crippen molar-refractivity contribution in [3.05, 3.63) is 48.6 Å². The van der Waals surface area contributed by atoms with Crippen LogP contribution in [0.4, 0.5) is 0 Å². The van der Waals surface area contributed by atoms with Gasteiger partial charge in [-0.25, -0.2) is 4.57 Å². The molecule has 0 heterocycles. The monoisotopic (exact) mass is 755 g/mol. The molecule has 0 aromatic carbocycles. The van der Waals surface area contributed by atoms with E-state index in [1.807, 2.05) is 0 Å². The number of carboxylic acids is 1. The smallest absolute Gasteiger partial charge is 0.472 e.